The molecule has 0 atom stereocenters. The van der Waals surface area contributed by atoms with Crippen molar-refractivity contribution >= 4 is 17.5 Å². The van der Waals surface area contributed by atoms with Crippen LogP contribution >= 0.6 is 0 Å². The first-order valence-corrected chi connectivity index (χ1v) is 8.11. The Bertz CT molecular complexity index is 853. The number of ether oxygens (including phenoxy) is 2. The van der Waals surface area contributed by atoms with Gasteiger partial charge in [-0.3, -0.25) is 9.59 Å². The molecule has 0 unspecified atom stereocenters. The molecule has 1 N–H and O–H groups in total. The fraction of sp³-hybridized carbons (Fsp3) is 0.263. The van der Waals surface area contributed by atoms with Gasteiger partial charge in [-0.15, -0.1) is 0 Å². The Morgan fingerprint density at radius 1 is 1.08 bits per heavy atom. The van der Waals surface area contributed by atoms with Crippen LogP contribution in [0.1, 0.15) is 11.1 Å². The molecule has 6 nitrogen and oxygen atoms in total. The second-order valence-corrected chi connectivity index (χ2v) is 5.92. The Morgan fingerprint density at radius 2 is 1.77 bits per heavy atom. The van der Waals surface area contributed by atoms with Crippen molar-refractivity contribution in [2.75, 3.05) is 26.1 Å². The van der Waals surface area contributed by atoms with Gasteiger partial charge in [0.2, 0.25) is 0 Å². The van der Waals surface area contributed by atoms with Crippen LogP contribution in [0, 0.1) is 5.82 Å². The van der Waals surface area contributed by atoms with Gasteiger partial charge in [-0.25, -0.2) is 4.39 Å². The van der Waals surface area contributed by atoms with Crippen molar-refractivity contribution in [3.63, 3.8) is 0 Å². The Labute approximate surface area is 150 Å². The third-order valence-corrected chi connectivity index (χ3v) is 4.28. The average Bonchev–Trinajstić information content (AvgIpc) is 2.65. The van der Waals surface area contributed by atoms with E-state index in [2.05, 4.69) is 5.32 Å². The number of nitrogens with one attached hydrogen (secondary N) is 1. The fourth-order valence-corrected chi connectivity index (χ4v) is 2.95. The number of amides is 2. The van der Waals surface area contributed by atoms with Crippen molar-refractivity contribution in [3.05, 3.63) is 53.3 Å². The van der Waals surface area contributed by atoms with Crippen LogP contribution in [0.5, 0.6) is 11.5 Å². The number of hydrogen-bond donors (Lipinski definition) is 1. The molecule has 0 bridgehead atoms. The van der Waals surface area contributed by atoms with Crippen LogP contribution in [0.25, 0.3) is 0 Å². The molecule has 0 spiro atoms. The third kappa shape index (κ3) is 3.61. The van der Waals surface area contributed by atoms with E-state index in [-0.39, 0.29) is 5.69 Å². The maximum Gasteiger partial charge on any atom is 0.313 e. The average molecular weight is 358 g/mol. The highest BCUT2D eigenvalue weighted by atomic mass is 19.1. The molecule has 1 aliphatic heterocycles. The van der Waals surface area contributed by atoms with Crippen LogP contribution in [-0.2, 0) is 22.6 Å². The predicted octanol–water partition coefficient (Wildman–Crippen LogP) is 2.37. The lowest BCUT2D eigenvalue weighted by atomic mass is 9.98. The Morgan fingerprint density at radius 3 is 2.42 bits per heavy atom. The SMILES string of the molecule is COc1cc2c(cc1OC)CN(C(=O)C(=O)Nc1cccc(F)c1)CC2. The maximum absolute atomic E-state index is 13.2. The van der Waals surface area contributed by atoms with Gasteiger partial charge in [0, 0.05) is 18.8 Å². The lowest BCUT2D eigenvalue weighted by molar-refractivity contribution is -0.143. The van der Waals surface area contributed by atoms with Crippen molar-refractivity contribution < 1.29 is 23.5 Å². The maximum atomic E-state index is 13.2. The van der Waals surface area contributed by atoms with Crippen molar-refractivity contribution in [1.29, 1.82) is 0 Å². The number of benzene rings is 2. The summed E-state index contributed by atoms with van der Waals surface area (Å²) in [5.41, 5.74) is 2.20. The van der Waals surface area contributed by atoms with Gasteiger partial charge in [-0.05, 0) is 47.9 Å². The van der Waals surface area contributed by atoms with Crippen LogP contribution < -0.4 is 14.8 Å². The number of halogens is 1. The van der Waals surface area contributed by atoms with Gasteiger partial charge in [-0.1, -0.05) is 6.07 Å². The van der Waals surface area contributed by atoms with Gasteiger partial charge < -0.3 is 19.7 Å². The van der Waals surface area contributed by atoms with Gasteiger partial charge >= 0.3 is 11.8 Å². The van der Waals surface area contributed by atoms with E-state index in [1.165, 1.54) is 23.1 Å². The van der Waals surface area contributed by atoms with Gasteiger partial charge in [0.15, 0.2) is 11.5 Å². The van der Waals surface area contributed by atoms with E-state index in [0.717, 1.165) is 17.2 Å². The van der Waals surface area contributed by atoms with Crippen LogP contribution in [0.4, 0.5) is 10.1 Å². The molecular formula is C19H19FN2O4. The summed E-state index contributed by atoms with van der Waals surface area (Å²) in [6.45, 7) is 0.711. The number of carbonyl (C=O) groups excluding carboxylic acids is 2. The molecule has 136 valence electrons. The van der Waals surface area contributed by atoms with Crippen LogP contribution in [-0.4, -0.2) is 37.5 Å². The molecule has 26 heavy (non-hydrogen) atoms. The molecule has 3 rings (SSSR count). The topological polar surface area (TPSA) is 67.9 Å². The minimum Gasteiger partial charge on any atom is -0.493 e. The minimum absolute atomic E-state index is 0.243. The van der Waals surface area contributed by atoms with Gasteiger partial charge in [0.05, 0.1) is 14.2 Å². The van der Waals surface area contributed by atoms with Gasteiger partial charge in [0.25, 0.3) is 0 Å². The predicted molar refractivity (Wildman–Crippen MR) is 93.7 cm³/mol. The molecule has 7 heteroatoms. The number of methoxy groups -OCH3 is 2. The first-order chi connectivity index (χ1) is 12.5. The molecule has 0 aromatic heterocycles. The quantitative estimate of drug-likeness (QED) is 0.856. The molecule has 1 heterocycles. The smallest absolute Gasteiger partial charge is 0.313 e. The normalized spacial score (nSPS) is 13.0. The van der Waals surface area contributed by atoms with Crippen LogP contribution in [0.3, 0.4) is 0 Å². The summed E-state index contributed by atoms with van der Waals surface area (Å²) >= 11 is 0. The molecule has 0 fully saturated rings. The van der Waals surface area contributed by atoms with E-state index >= 15 is 0 Å². The summed E-state index contributed by atoms with van der Waals surface area (Å²) < 4.78 is 23.8. The van der Waals surface area contributed by atoms with Crippen LogP contribution in [0.2, 0.25) is 0 Å². The number of rotatable bonds is 3. The summed E-state index contributed by atoms with van der Waals surface area (Å²) in [6.07, 6.45) is 0.606. The van der Waals surface area contributed by atoms with E-state index in [1.54, 1.807) is 14.2 Å². The van der Waals surface area contributed by atoms with E-state index in [9.17, 15) is 14.0 Å². The first-order valence-electron chi connectivity index (χ1n) is 8.11. The van der Waals surface area contributed by atoms with E-state index in [1.807, 2.05) is 12.1 Å². The van der Waals surface area contributed by atoms with Crippen LogP contribution in [0.15, 0.2) is 36.4 Å². The lowest BCUT2D eigenvalue weighted by Gasteiger charge is -2.29. The van der Waals surface area contributed by atoms with Crippen molar-refractivity contribution in [2.45, 2.75) is 13.0 Å². The summed E-state index contributed by atoms with van der Waals surface area (Å²) in [4.78, 5) is 26.1. The molecule has 0 saturated heterocycles. The number of nitrogens with zero attached hydrogens (tertiary/aromatic N) is 1. The van der Waals surface area contributed by atoms with Gasteiger partial charge in [0.1, 0.15) is 5.82 Å². The Kier molecular flexibility index (Phi) is 5.06. The molecule has 1 aliphatic rings. The number of hydrogen-bond acceptors (Lipinski definition) is 4. The van der Waals surface area contributed by atoms with Gasteiger partial charge in [-0.2, -0.15) is 0 Å². The molecule has 0 radical (unpaired) electrons. The second-order valence-electron chi connectivity index (χ2n) is 5.92. The summed E-state index contributed by atoms with van der Waals surface area (Å²) in [5, 5.41) is 2.43. The standard InChI is InChI=1S/C19H19FN2O4/c1-25-16-8-12-6-7-22(11-13(12)9-17(16)26-2)19(24)18(23)21-15-5-3-4-14(20)10-15/h3-5,8-10H,6-7,11H2,1-2H3,(H,21,23). The molecular weight excluding hydrogens is 339 g/mol. The van der Waals surface area contributed by atoms with E-state index in [0.29, 0.717) is 31.0 Å². The van der Waals surface area contributed by atoms with E-state index in [4.69, 9.17) is 9.47 Å². The lowest BCUT2D eigenvalue weighted by Crippen LogP contribution is -2.42. The fourth-order valence-electron chi connectivity index (χ4n) is 2.95. The summed E-state index contributed by atoms with van der Waals surface area (Å²) in [6, 6.07) is 9.12. The highest BCUT2D eigenvalue weighted by molar-refractivity contribution is 6.39. The Balaban J connectivity index is 1.73. The zero-order valence-electron chi connectivity index (χ0n) is 14.5. The highest BCUT2D eigenvalue weighted by Gasteiger charge is 2.27. The zero-order chi connectivity index (χ0) is 18.7. The summed E-state index contributed by atoms with van der Waals surface area (Å²) in [7, 11) is 3.11. The number of fused-ring (bicyclic) bond motifs is 1. The monoisotopic (exact) mass is 358 g/mol. The van der Waals surface area contributed by atoms with Crippen molar-refractivity contribution in [3.8, 4) is 11.5 Å². The Hall–Kier alpha value is -3.09. The first kappa shape index (κ1) is 17.7. The number of carbonyl (C=O) groups is 2. The minimum atomic E-state index is -0.792. The highest BCUT2D eigenvalue weighted by Crippen LogP contribution is 2.33. The van der Waals surface area contributed by atoms with E-state index < -0.39 is 17.6 Å². The largest absolute Gasteiger partial charge is 0.493 e. The van der Waals surface area contributed by atoms with Crippen molar-refractivity contribution in [1.82, 2.24) is 4.90 Å². The molecule has 2 aromatic rings. The molecule has 2 amide bonds. The van der Waals surface area contributed by atoms with Crippen molar-refractivity contribution in [2.24, 2.45) is 0 Å². The summed E-state index contributed by atoms with van der Waals surface area (Å²) in [5.74, 6) is -0.725. The molecule has 0 aliphatic carbocycles. The molecule has 0 saturated carbocycles. The molecule has 2 aromatic carbocycles. The third-order valence-electron chi connectivity index (χ3n) is 4.28. The zero-order valence-corrected chi connectivity index (χ0v) is 14.5. The number of anilines is 1. The second kappa shape index (κ2) is 7.43.